The Kier molecular flexibility index (Phi) is 6.19. The van der Waals surface area contributed by atoms with E-state index in [4.69, 9.17) is 4.74 Å². The van der Waals surface area contributed by atoms with Crippen LogP contribution in [0.5, 0.6) is 0 Å². The van der Waals surface area contributed by atoms with Crippen molar-refractivity contribution in [1.82, 2.24) is 15.1 Å². The minimum absolute atomic E-state index is 0.143. The summed E-state index contributed by atoms with van der Waals surface area (Å²) in [5, 5.41) is 2.84. The van der Waals surface area contributed by atoms with Crippen LogP contribution in [0.15, 0.2) is 24.3 Å². The normalized spacial score (nSPS) is 14.5. The van der Waals surface area contributed by atoms with Crippen molar-refractivity contribution in [3.63, 3.8) is 0 Å². The Morgan fingerprint density at radius 1 is 1.13 bits per heavy atom. The van der Waals surface area contributed by atoms with Gasteiger partial charge in [0.05, 0.1) is 6.61 Å². The van der Waals surface area contributed by atoms with Crippen molar-refractivity contribution in [1.29, 1.82) is 0 Å². The van der Waals surface area contributed by atoms with Crippen LogP contribution in [0.3, 0.4) is 0 Å². The van der Waals surface area contributed by atoms with Gasteiger partial charge in [0.2, 0.25) is 0 Å². The molecule has 0 saturated carbocycles. The molecule has 0 radical (unpaired) electrons. The topological polar surface area (TPSA) is 61.9 Å². The third kappa shape index (κ3) is 5.12. The number of urea groups is 1. The van der Waals surface area contributed by atoms with Gasteiger partial charge in [-0.1, -0.05) is 12.1 Å². The summed E-state index contributed by atoms with van der Waals surface area (Å²) in [5.41, 5.74) is 0.971. The van der Waals surface area contributed by atoms with E-state index in [0.717, 1.165) is 5.56 Å². The third-order valence-corrected chi connectivity index (χ3v) is 3.70. The molecule has 1 aromatic carbocycles. The molecule has 1 aliphatic heterocycles. The zero-order valence-electron chi connectivity index (χ0n) is 13.3. The molecule has 0 atom stereocenters. The highest BCUT2D eigenvalue weighted by Crippen LogP contribution is 2.05. The van der Waals surface area contributed by atoms with Gasteiger partial charge in [-0.25, -0.2) is 14.0 Å². The van der Waals surface area contributed by atoms with Crippen LogP contribution in [-0.4, -0.2) is 61.3 Å². The minimum atomic E-state index is -0.330. The standard InChI is InChI=1S/C16H22FN3O3/c1-2-23-16(22)20-11-9-19(10-12-20)15(21)18-8-7-13-3-5-14(17)6-4-13/h3-6H,2,7-12H2,1H3,(H,18,21). The molecule has 3 amide bonds. The van der Waals surface area contributed by atoms with Crippen LogP contribution in [0, 0.1) is 5.82 Å². The largest absolute Gasteiger partial charge is 0.450 e. The minimum Gasteiger partial charge on any atom is -0.450 e. The zero-order chi connectivity index (χ0) is 16.7. The molecule has 0 spiro atoms. The van der Waals surface area contributed by atoms with Gasteiger partial charge in [0.1, 0.15) is 5.82 Å². The monoisotopic (exact) mass is 323 g/mol. The van der Waals surface area contributed by atoms with E-state index in [9.17, 15) is 14.0 Å². The van der Waals surface area contributed by atoms with Crippen molar-refractivity contribution in [2.24, 2.45) is 0 Å². The van der Waals surface area contributed by atoms with Crippen LogP contribution < -0.4 is 5.32 Å². The van der Waals surface area contributed by atoms with E-state index in [1.165, 1.54) is 12.1 Å². The number of ether oxygens (including phenoxy) is 1. The maximum absolute atomic E-state index is 12.8. The molecule has 1 fully saturated rings. The SMILES string of the molecule is CCOC(=O)N1CCN(C(=O)NCCc2ccc(F)cc2)CC1. The summed E-state index contributed by atoms with van der Waals surface area (Å²) in [6.07, 6.45) is 0.318. The number of benzene rings is 1. The first-order chi connectivity index (χ1) is 11.1. The molecule has 1 N–H and O–H groups in total. The Morgan fingerprint density at radius 3 is 2.35 bits per heavy atom. The number of halogens is 1. The first kappa shape index (κ1) is 17.1. The van der Waals surface area contributed by atoms with Crippen molar-refractivity contribution >= 4 is 12.1 Å². The van der Waals surface area contributed by atoms with Crippen molar-refractivity contribution in [2.45, 2.75) is 13.3 Å². The molecule has 6 nitrogen and oxygen atoms in total. The predicted molar refractivity (Wildman–Crippen MR) is 83.7 cm³/mol. The average Bonchev–Trinajstić information content (AvgIpc) is 2.57. The van der Waals surface area contributed by atoms with Crippen LogP contribution in [0.1, 0.15) is 12.5 Å². The highest BCUT2D eigenvalue weighted by atomic mass is 19.1. The van der Waals surface area contributed by atoms with Gasteiger partial charge in [-0.05, 0) is 31.0 Å². The fourth-order valence-electron chi connectivity index (χ4n) is 2.38. The molecule has 0 aliphatic carbocycles. The van der Waals surface area contributed by atoms with E-state index in [1.54, 1.807) is 28.9 Å². The van der Waals surface area contributed by atoms with Gasteiger partial charge < -0.3 is 19.9 Å². The van der Waals surface area contributed by atoms with Gasteiger partial charge in [-0.2, -0.15) is 0 Å². The van der Waals surface area contributed by atoms with Gasteiger partial charge >= 0.3 is 12.1 Å². The van der Waals surface area contributed by atoms with Crippen LogP contribution in [0.2, 0.25) is 0 Å². The number of carbonyl (C=O) groups is 2. The van der Waals surface area contributed by atoms with Gasteiger partial charge in [0.25, 0.3) is 0 Å². The lowest BCUT2D eigenvalue weighted by Crippen LogP contribution is -2.53. The summed E-state index contributed by atoms with van der Waals surface area (Å²) >= 11 is 0. The summed E-state index contributed by atoms with van der Waals surface area (Å²) in [6.45, 7) is 4.53. The molecule has 7 heteroatoms. The Balaban J connectivity index is 1.68. The first-order valence-electron chi connectivity index (χ1n) is 7.79. The second-order valence-corrected chi connectivity index (χ2v) is 5.28. The molecule has 23 heavy (non-hydrogen) atoms. The quantitative estimate of drug-likeness (QED) is 0.920. The van der Waals surface area contributed by atoms with Crippen molar-refractivity contribution in [3.8, 4) is 0 Å². The van der Waals surface area contributed by atoms with Crippen LogP contribution >= 0.6 is 0 Å². The van der Waals surface area contributed by atoms with E-state index >= 15 is 0 Å². The number of hydrogen-bond acceptors (Lipinski definition) is 3. The summed E-state index contributed by atoms with van der Waals surface area (Å²) < 4.78 is 17.7. The molecule has 0 aromatic heterocycles. The van der Waals surface area contributed by atoms with E-state index in [-0.39, 0.29) is 17.9 Å². The van der Waals surface area contributed by atoms with Crippen molar-refractivity contribution in [3.05, 3.63) is 35.6 Å². The Hall–Kier alpha value is -2.31. The number of amides is 3. The zero-order valence-corrected chi connectivity index (χ0v) is 13.3. The molecule has 1 saturated heterocycles. The predicted octanol–water partition coefficient (Wildman–Crippen LogP) is 1.85. The van der Waals surface area contributed by atoms with Gasteiger partial charge in [0, 0.05) is 32.7 Å². The highest BCUT2D eigenvalue weighted by molar-refractivity contribution is 5.75. The molecular weight excluding hydrogens is 301 g/mol. The number of nitrogens with zero attached hydrogens (tertiary/aromatic N) is 2. The second-order valence-electron chi connectivity index (χ2n) is 5.28. The summed E-state index contributed by atoms with van der Waals surface area (Å²) in [6, 6.07) is 6.09. The molecule has 0 unspecified atom stereocenters. The first-order valence-corrected chi connectivity index (χ1v) is 7.79. The molecule has 0 bridgehead atoms. The molecule has 1 aliphatic rings. The number of rotatable bonds is 4. The van der Waals surface area contributed by atoms with Gasteiger partial charge in [0.15, 0.2) is 0 Å². The van der Waals surface area contributed by atoms with Crippen LogP contribution in [0.4, 0.5) is 14.0 Å². The van der Waals surface area contributed by atoms with Gasteiger partial charge in [-0.3, -0.25) is 0 Å². The average molecular weight is 323 g/mol. The molecule has 126 valence electrons. The van der Waals surface area contributed by atoms with E-state index in [2.05, 4.69) is 5.32 Å². The fourth-order valence-corrected chi connectivity index (χ4v) is 2.38. The van der Waals surface area contributed by atoms with E-state index in [1.807, 2.05) is 0 Å². The molecule has 2 rings (SSSR count). The van der Waals surface area contributed by atoms with Crippen molar-refractivity contribution in [2.75, 3.05) is 39.3 Å². The highest BCUT2D eigenvalue weighted by Gasteiger charge is 2.24. The van der Waals surface area contributed by atoms with Gasteiger partial charge in [-0.15, -0.1) is 0 Å². The Bertz CT molecular complexity index is 528. The maximum Gasteiger partial charge on any atom is 0.409 e. The Morgan fingerprint density at radius 2 is 1.74 bits per heavy atom. The molecule has 1 aromatic rings. The Labute approximate surface area is 135 Å². The molecular formula is C16H22FN3O3. The lowest BCUT2D eigenvalue weighted by Gasteiger charge is -2.34. The second kappa shape index (κ2) is 8.36. The number of hydrogen-bond donors (Lipinski definition) is 1. The van der Waals surface area contributed by atoms with E-state index < -0.39 is 0 Å². The van der Waals surface area contributed by atoms with E-state index in [0.29, 0.717) is 45.8 Å². The number of piperazine rings is 1. The molecule has 1 heterocycles. The van der Waals surface area contributed by atoms with Crippen molar-refractivity contribution < 1.29 is 18.7 Å². The summed E-state index contributed by atoms with van der Waals surface area (Å²) in [5.74, 6) is -0.266. The third-order valence-electron chi connectivity index (χ3n) is 3.70. The van der Waals surface area contributed by atoms with Crippen LogP contribution in [0.25, 0.3) is 0 Å². The lowest BCUT2D eigenvalue weighted by atomic mass is 10.1. The summed E-state index contributed by atoms with van der Waals surface area (Å²) in [4.78, 5) is 26.9. The number of carbonyl (C=O) groups excluding carboxylic acids is 2. The maximum atomic E-state index is 12.8. The summed E-state index contributed by atoms with van der Waals surface area (Å²) in [7, 11) is 0. The lowest BCUT2D eigenvalue weighted by molar-refractivity contribution is 0.0852. The smallest absolute Gasteiger partial charge is 0.409 e. The number of nitrogens with one attached hydrogen (secondary N) is 1. The van der Waals surface area contributed by atoms with Crippen LogP contribution in [-0.2, 0) is 11.2 Å². The fraction of sp³-hybridized carbons (Fsp3) is 0.500.